The molecule has 17 heavy (non-hydrogen) atoms. The molecule has 0 aliphatic rings. The number of anilines is 1. The van der Waals surface area contributed by atoms with E-state index >= 15 is 0 Å². The van der Waals surface area contributed by atoms with Crippen molar-refractivity contribution in [1.29, 1.82) is 0 Å². The predicted octanol–water partition coefficient (Wildman–Crippen LogP) is 4.24. The lowest BCUT2D eigenvalue weighted by Crippen LogP contribution is -2.08. The largest absolute Gasteiger partial charge is 0.355 e. The molecule has 0 amide bonds. The molecule has 0 fully saturated rings. The van der Waals surface area contributed by atoms with Gasteiger partial charge >= 0.3 is 0 Å². The van der Waals surface area contributed by atoms with Crippen molar-refractivity contribution in [2.24, 2.45) is 0 Å². The van der Waals surface area contributed by atoms with E-state index in [4.69, 9.17) is 0 Å². The molecule has 1 heterocycles. The van der Waals surface area contributed by atoms with Gasteiger partial charge in [-0.2, -0.15) is 0 Å². The molecule has 1 unspecified atom stereocenters. The van der Waals surface area contributed by atoms with E-state index in [1.165, 1.54) is 22.3 Å². The molecule has 0 aliphatic heterocycles. The molecule has 0 saturated heterocycles. The van der Waals surface area contributed by atoms with Crippen LogP contribution in [0.1, 0.15) is 35.2 Å². The fourth-order valence-electron chi connectivity index (χ4n) is 2.01. The van der Waals surface area contributed by atoms with Gasteiger partial charge in [0.1, 0.15) is 0 Å². The third-order valence-corrected chi connectivity index (χ3v) is 3.83. The van der Waals surface area contributed by atoms with E-state index in [0.717, 1.165) is 5.13 Å². The number of rotatable bonds is 3. The Morgan fingerprint density at radius 2 is 1.82 bits per heavy atom. The van der Waals surface area contributed by atoms with Gasteiger partial charge in [0.25, 0.3) is 0 Å². The van der Waals surface area contributed by atoms with Gasteiger partial charge < -0.3 is 5.32 Å². The number of hydrogen-bond donors (Lipinski definition) is 1. The first-order valence-electron chi connectivity index (χ1n) is 5.81. The minimum Gasteiger partial charge on any atom is -0.355 e. The highest BCUT2D eigenvalue weighted by atomic mass is 32.1. The molecule has 0 bridgehead atoms. The van der Waals surface area contributed by atoms with Crippen molar-refractivity contribution >= 4 is 16.5 Å². The van der Waals surface area contributed by atoms with Crippen molar-refractivity contribution < 1.29 is 0 Å². The standard InChI is InChI=1S/C14H18N2S/c1-9-7-11(3)13(8-10(9)2)12(4)16-14-15-5-6-17-14/h5-8,12H,1-4H3,(H,15,16). The highest BCUT2D eigenvalue weighted by molar-refractivity contribution is 7.13. The van der Waals surface area contributed by atoms with Crippen LogP contribution in [0.5, 0.6) is 0 Å². The Morgan fingerprint density at radius 1 is 1.12 bits per heavy atom. The number of aromatic nitrogens is 1. The van der Waals surface area contributed by atoms with Crippen LogP contribution in [0.3, 0.4) is 0 Å². The lowest BCUT2D eigenvalue weighted by atomic mass is 9.97. The number of hydrogen-bond acceptors (Lipinski definition) is 3. The van der Waals surface area contributed by atoms with Gasteiger partial charge in [-0.1, -0.05) is 12.1 Å². The van der Waals surface area contributed by atoms with Crippen molar-refractivity contribution in [2.45, 2.75) is 33.7 Å². The summed E-state index contributed by atoms with van der Waals surface area (Å²) in [5.74, 6) is 0. The van der Waals surface area contributed by atoms with Crippen molar-refractivity contribution in [1.82, 2.24) is 4.98 Å². The zero-order valence-electron chi connectivity index (χ0n) is 10.7. The van der Waals surface area contributed by atoms with Crippen molar-refractivity contribution in [3.05, 3.63) is 46.0 Å². The Morgan fingerprint density at radius 3 is 2.47 bits per heavy atom. The van der Waals surface area contributed by atoms with Gasteiger partial charge in [-0.05, 0) is 49.9 Å². The Kier molecular flexibility index (Phi) is 3.48. The molecule has 1 aromatic carbocycles. The van der Waals surface area contributed by atoms with E-state index in [9.17, 15) is 0 Å². The summed E-state index contributed by atoms with van der Waals surface area (Å²) < 4.78 is 0. The van der Waals surface area contributed by atoms with Crippen LogP contribution in [0.25, 0.3) is 0 Å². The Bertz CT molecular complexity index is 503. The molecule has 2 nitrogen and oxygen atoms in total. The molecular formula is C14H18N2S. The third-order valence-electron chi connectivity index (χ3n) is 3.12. The van der Waals surface area contributed by atoms with Crippen molar-refractivity contribution in [3.8, 4) is 0 Å². The number of nitrogens with one attached hydrogen (secondary N) is 1. The summed E-state index contributed by atoms with van der Waals surface area (Å²) in [6, 6.07) is 4.82. The average molecular weight is 246 g/mol. The van der Waals surface area contributed by atoms with E-state index in [1.807, 2.05) is 11.6 Å². The zero-order chi connectivity index (χ0) is 12.4. The van der Waals surface area contributed by atoms with E-state index in [0.29, 0.717) is 6.04 Å². The third kappa shape index (κ3) is 2.67. The summed E-state index contributed by atoms with van der Waals surface area (Å²) in [7, 11) is 0. The summed E-state index contributed by atoms with van der Waals surface area (Å²) in [5, 5.41) is 6.40. The van der Waals surface area contributed by atoms with Crippen LogP contribution < -0.4 is 5.32 Å². The van der Waals surface area contributed by atoms with E-state index in [2.05, 4.69) is 50.1 Å². The first kappa shape index (κ1) is 12.1. The molecule has 90 valence electrons. The van der Waals surface area contributed by atoms with Gasteiger partial charge in [-0.15, -0.1) is 11.3 Å². The maximum atomic E-state index is 4.26. The van der Waals surface area contributed by atoms with Gasteiger partial charge in [0, 0.05) is 11.6 Å². The molecule has 1 N–H and O–H groups in total. The normalized spacial score (nSPS) is 12.5. The first-order valence-corrected chi connectivity index (χ1v) is 6.69. The van der Waals surface area contributed by atoms with Gasteiger partial charge in [-0.3, -0.25) is 0 Å². The molecule has 3 heteroatoms. The van der Waals surface area contributed by atoms with E-state index in [-0.39, 0.29) is 0 Å². The second-order valence-electron chi connectivity index (χ2n) is 4.50. The van der Waals surface area contributed by atoms with Crippen LogP contribution in [-0.2, 0) is 0 Å². The monoisotopic (exact) mass is 246 g/mol. The summed E-state index contributed by atoms with van der Waals surface area (Å²) >= 11 is 1.64. The quantitative estimate of drug-likeness (QED) is 0.876. The molecule has 2 aromatic rings. The highest BCUT2D eigenvalue weighted by Crippen LogP contribution is 2.25. The molecular weight excluding hydrogens is 228 g/mol. The Labute approximate surface area is 107 Å². The van der Waals surface area contributed by atoms with Crippen molar-refractivity contribution in [2.75, 3.05) is 5.32 Å². The van der Waals surface area contributed by atoms with Gasteiger partial charge in [-0.25, -0.2) is 4.98 Å². The maximum absolute atomic E-state index is 4.26. The molecule has 1 aromatic heterocycles. The van der Waals surface area contributed by atoms with E-state index in [1.54, 1.807) is 11.3 Å². The average Bonchev–Trinajstić information content (AvgIpc) is 2.76. The van der Waals surface area contributed by atoms with Gasteiger partial charge in [0.2, 0.25) is 0 Å². The number of aryl methyl sites for hydroxylation is 3. The maximum Gasteiger partial charge on any atom is 0.183 e. The summed E-state index contributed by atoms with van der Waals surface area (Å²) in [5.41, 5.74) is 5.39. The van der Waals surface area contributed by atoms with Crippen molar-refractivity contribution in [3.63, 3.8) is 0 Å². The lowest BCUT2D eigenvalue weighted by Gasteiger charge is -2.17. The van der Waals surface area contributed by atoms with Crippen LogP contribution >= 0.6 is 11.3 Å². The number of benzene rings is 1. The second kappa shape index (κ2) is 4.88. The lowest BCUT2D eigenvalue weighted by molar-refractivity contribution is 0.868. The van der Waals surface area contributed by atoms with Gasteiger partial charge in [0.15, 0.2) is 5.13 Å². The summed E-state index contributed by atoms with van der Waals surface area (Å²) in [6.45, 7) is 8.67. The molecule has 0 radical (unpaired) electrons. The molecule has 0 spiro atoms. The molecule has 2 rings (SSSR count). The van der Waals surface area contributed by atoms with Gasteiger partial charge in [0.05, 0.1) is 6.04 Å². The topological polar surface area (TPSA) is 24.9 Å². The minimum atomic E-state index is 0.292. The predicted molar refractivity (Wildman–Crippen MR) is 74.8 cm³/mol. The smallest absolute Gasteiger partial charge is 0.183 e. The fraction of sp³-hybridized carbons (Fsp3) is 0.357. The SMILES string of the molecule is Cc1cc(C)c(C(C)Nc2nccs2)cc1C. The molecule has 0 aliphatic carbocycles. The first-order chi connectivity index (χ1) is 8.08. The Balaban J connectivity index is 2.24. The van der Waals surface area contributed by atoms with Crippen LogP contribution in [0.4, 0.5) is 5.13 Å². The zero-order valence-corrected chi connectivity index (χ0v) is 11.6. The van der Waals surface area contributed by atoms with E-state index < -0.39 is 0 Å². The number of nitrogens with zero attached hydrogens (tertiary/aromatic N) is 1. The molecule has 0 saturated carbocycles. The van der Waals surface area contributed by atoms with Crippen LogP contribution in [-0.4, -0.2) is 4.98 Å². The molecule has 1 atom stereocenters. The Hall–Kier alpha value is -1.35. The summed E-state index contributed by atoms with van der Waals surface area (Å²) in [4.78, 5) is 4.26. The number of thiazole rings is 1. The fourth-order valence-corrected chi connectivity index (χ4v) is 2.62. The second-order valence-corrected chi connectivity index (χ2v) is 5.39. The minimum absolute atomic E-state index is 0.292. The highest BCUT2D eigenvalue weighted by Gasteiger charge is 2.10. The van der Waals surface area contributed by atoms with Crippen LogP contribution in [0, 0.1) is 20.8 Å². The van der Waals surface area contributed by atoms with Crippen LogP contribution in [0.2, 0.25) is 0 Å². The summed E-state index contributed by atoms with van der Waals surface area (Å²) in [6.07, 6.45) is 1.83. The van der Waals surface area contributed by atoms with Crippen LogP contribution in [0.15, 0.2) is 23.7 Å².